The van der Waals surface area contributed by atoms with Crippen LogP contribution in [-0.4, -0.2) is 72.2 Å². The van der Waals surface area contributed by atoms with Crippen LogP contribution in [0.4, 0.5) is 0 Å². The SMILES string of the molecule is CCN(CC)CCCNC(=S)N1CCN(Cc2ccco2)CC1. The fraction of sp³-hybridized carbons (Fsp3) is 0.706. The largest absolute Gasteiger partial charge is 0.468 e. The van der Waals surface area contributed by atoms with Crippen molar-refractivity contribution in [3.8, 4) is 0 Å². The fourth-order valence-electron chi connectivity index (χ4n) is 2.88. The minimum absolute atomic E-state index is 0.894. The lowest BCUT2D eigenvalue weighted by Gasteiger charge is -2.35. The van der Waals surface area contributed by atoms with Gasteiger partial charge in [-0.3, -0.25) is 4.90 Å². The first-order valence-electron chi connectivity index (χ1n) is 8.72. The van der Waals surface area contributed by atoms with Crippen LogP contribution in [0.1, 0.15) is 26.0 Å². The summed E-state index contributed by atoms with van der Waals surface area (Å²) in [7, 11) is 0. The van der Waals surface area contributed by atoms with Crippen LogP contribution >= 0.6 is 12.2 Å². The summed E-state index contributed by atoms with van der Waals surface area (Å²) in [6.07, 6.45) is 2.88. The van der Waals surface area contributed by atoms with Crippen molar-refractivity contribution in [1.29, 1.82) is 0 Å². The second kappa shape index (κ2) is 9.90. The molecule has 0 bridgehead atoms. The molecule has 0 aliphatic carbocycles. The molecule has 5 nitrogen and oxygen atoms in total. The molecule has 23 heavy (non-hydrogen) atoms. The van der Waals surface area contributed by atoms with Gasteiger partial charge in [0.25, 0.3) is 0 Å². The Morgan fingerprint density at radius 1 is 1.26 bits per heavy atom. The Hall–Kier alpha value is -1.11. The molecule has 0 saturated carbocycles. The number of rotatable bonds is 8. The van der Waals surface area contributed by atoms with E-state index in [1.165, 1.54) is 0 Å². The Labute approximate surface area is 145 Å². The van der Waals surface area contributed by atoms with Gasteiger partial charge in [-0.25, -0.2) is 0 Å². The summed E-state index contributed by atoms with van der Waals surface area (Å²) >= 11 is 5.53. The average Bonchev–Trinajstić information content (AvgIpc) is 3.08. The van der Waals surface area contributed by atoms with Gasteiger partial charge in [-0.1, -0.05) is 13.8 Å². The minimum atomic E-state index is 0.894. The zero-order valence-electron chi connectivity index (χ0n) is 14.5. The smallest absolute Gasteiger partial charge is 0.169 e. The lowest BCUT2D eigenvalue weighted by atomic mass is 10.3. The molecule has 1 aromatic heterocycles. The Balaban J connectivity index is 1.60. The van der Waals surface area contributed by atoms with E-state index in [1.807, 2.05) is 12.1 Å². The molecule has 1 aromatic rings. The summed E-state index contributed by atoms with van der Waals surface area (Å²) < 4.78 is 5.42. The van der Waals surface area contributed by atoms with E-state index in [0.29, 0.717) is 0 Å². The lowest BCUT2D eigenvalue weighted by Crippen LogP contribution is -2.51. The van der Waals surface area contributed by atoms with Crippen molar-refractivity contribution in [2.45, 2.75) is 26.8 Å². The van der Waals surface area contributed by atoms with E-state index < -0.39 is 0 Å². The van der Waals surface area contributed by atoms with Gasteiger partial charge in [0.1, 0.15) is 5.76 Å². The molecule has 0 amide bonds. The summed E-state index contributed by atoms with van der Waals surface area (Å²) in [5.74, 6) is 1.04. The van der Waals surface area contributed by atoms with Gasteiger partial charge < -0.3 is 19.5 Å². The molecule has 2 rings (SSSR count). The predicted molar refractivity (Wildman–Crippen MR) is 98.6 cm³/mol. The van der Waals surface area contributed by atoms with Crippen LogP contribution in [0.3, 0.4) is 0 Å². The van der Waals surface area contributed by atoms with Gasteiger partial charge in [-0.15, -0.1) is 0 Å². The first-order valence-corrected chi connectivity index (χ1v) is 9.13. The molecule has 1 aliphatic heterocycles. The third kappa shape index (κ3) is 6.12. The Morgan fingerprint density at radius 3 is 2.61 bits per heavy atom. The van der Waals surface area contributed by atoms with Gasteiger partial charge in [0.05, 0.1) is 12.8 Å². The second-order valence-corrected chi connectivity index (χ2v) is 6.34. The van der Waals surface area contributed by atoms with Gasteiger partial charge in [-0.2, -0.15) is 0 Å². The number of furan rings is 1. The Kier molecular flexibility index (Phi) is 7.85. The van der Waals surface area contributed by atoms with E-state index in [1.54, 1.807) is 6.26 Å². The van der Waals surface area contributed by atoms with E-state index in [2.05, 4.69) is 33.9 Å². The molecule has 0 spiro atoms. The Bertz CT molecular complexity index is 439. The number of nitrogens with one attached hydrogen (secondary N) is 1. The normalized spacial score (nSPS) is 16.0. The first-order chi connectivity index (χ1) is 11.2. The highest BCUT2D eigenvalue weighted by molar-refractivity contribution is 7.80. The van der Waals surface area contributed by atoms with E-state index in [4.69, 9.17) is 16.6 Å². The fourth-order valence-corrected chi connectivity index (χ4v) is 3.17. The van der Waals surface area contributed by atoms with E-state index in [9.17, 15) is 0 Å². The summed E-state index contributed by atoms with van der Waals surface area (Å²) in [4.78, 5) is 7.14. The first kappa shape index (κ1) is 18.2. The van der Waals surface area contributed by atoms with Crippen molar-refractivity contribution < 1.29 is 4.42 Å². The average molecular weight is 339 g/mol. The van der Waals surface area contributed by atoms with Crippen molar-refractivity contribution in [3.63, 3.8) is 0 Å². The molecule has 1 fully saturated rings. The second-order valence-electron chi connectivity index (χ2n) is 5.95. The van der Waals surface area contributed by atoms with Crippen molar-refractivity contribution in [2.24, 2.45) is 0 Å². The van der Waals surface area contributed by atoms with Crippen LogP contribution in [0.15, 0.2) is 22.8 Å². The third-order valence-corrected chi connectivity index (χ3v) is 4.84. The van der Waals surface area contributed by atoms with Crippen LogP contribution in [0, 0.1) is 0 Å². The predicted octanol–water partition coefficient (Wildman–Crippen LogP) is 2.00. The number of piperazine rings is 1. The molecule has 0 radical (unpaired) electrons. The third-order valence-electron chi connectivity index (χ3n) is 4.44. The lowest BCUT2D eigenvalue weighted by molar-refractivity contribution is 0.164. The van der Waals surface area contributed by atoms with Crippen molar-refractivity contribution >= 4 is 17.3 Å². The summed E-state index contributed by atoms with van der Waals surface area (Å²) in [6.45, 7) is 13.7. The van der Waals surface area contributed by atoms with E-state index in [-0.39, 0.29) is 0 Å². The number of nitrogens with zero attached hydrogens (tertiary/aromatic N) is 3. The van der Waals surface area contributed by atoms with Crippen LogP contribution in [0.2, 0.25) is 0 Å². The minimum Gasteiger partial charge on any atom is -0.468 e. The van der Waals surface area contributed by atoms with Crippen molar-refractivity contribution in [3.05, 3.63) is 24.2 Å². The molecule has 1 saturated heterocycles. The molecular formula is C17H30N4OS. The molecule has 2 heterocycles. The maximum absolute atomic E-state index is 5.53. The van der Waals surface area contributed by atoms with Crippen LogP contribution in [0.25, 0.3) is 0 Å². The molecule has 1 N–H and O–H groups in total. The zero-order valence-corrected chi connectivity index (χ0v) is 15.3. The summed E-state index contributed by atoms with van der Waals surface area (Å²) in [5, 5.41) is 4.31. The van der Waals surface area contributed by atoms with Crippen molar-refractivity contribution in [1.82, 2.24) is 20.0 Å². The zero-order chi connectivity index (χ0) is 16.5. The van der Waals surface area contributed by atoms with Crippen LogP contribution in [0.5, 0.6) is 0 Å². The van der Waals surface area contributed by atoms with Crippen molar-refractivity contribution in [2.75, 3.05) is 52.4 Å². The van der Waals surface area contributed by atoms with Gasteiger partial charge in [0, 0.05) is 32.7 Å². The maximum atomic E-state index is 5.53. The highest BCUT2D eigenvalue weighted by atomic mass is 32.1. The standard InChI is InChI=1S/C17H30N4OS/c1-3-19(4-2)9-6-8-18-17(23)21-12-10-20(11-13-21)15-16-7-5-14-22-16/h5,7,14H,3-4,6,8-13,15H2,1-2H3,(H,18,23). The van der Waals surface area contributed by atoms with Gasteiger partial charge >= 0.3 is 0 Å². The molecule has 1 aliphatic rings. The number of hydrogen-bond donors (Lipinski definition) is 1. The van der Waals surface area contributed by atoms with E-state index in [0.717, 1.165) is 76.2 Å². The summed E-state index contributed by atoms with van der Waals surface area (Å²) in [5.41, 5.74) is 0. The van der Waals surface area contributed by atoms with Crippen LogP contribution in [-0.2, 0) is 6.54 Å². The van der Waals surface area contributed by atoms with Crippen LogP contribution < -0.4 is 5.32 Å². The number of hydrogen-bond acceptors (Lipinski definition) is 4. The highest BCUT2D eigenvalue weighted by Gasteiger charge is 2.19. The monoisotopic (exact) mass is 338 g/mol. The molecule has 0 atom stereocenters. The molecule has 6 heteroatoms. The molecule has 130 valence electrons. The quantitative estimate of drug-likeness (QED) is 0.577. The highest BCUT2D eigenvalue weighted by Crippen LogP contribution is 2.09. The molecular weight excluding hydrogens is 308 g/mol. The molecule has 0 aromatic carbocycles. The number of thiocarbonyl (C=S) groups is 1. The van der Waals surface area contributed by atoms with Gasteiger partial charge in [0.2, 0.25) is 0 Å². The van der Waals surface area contributed by atoms with Gasteiger partial charge in [0.15, 0.2) is 5.11 Å². The topological polar surface area (TPSA) is 34.9 Å². The van der Waals surface area contributed by atoms with Gasteiger partial charge in [-0.05, 0) is 50.4 Å². The Morgan fingerprint density at radius 2 is 2.00 bits per heavy atom. The summed E-state index contributed by atoms with van der Waals surface area (Å²) in [6, 6.07) is 3.98. The molecule has 0 unspecified atom stereocenters. The van der Waals surface area contributed by atoms with E-state index >= 15 is 0 Å². The maximum Gasteiger partial charge on any atom is 0.169 e.